The molecule has 4 amide bonds. The van der Waals surface area contributed by atoms with Gasteiger partial charge in [0.05, 0.1) is 11.1 Å². The van der Waals surface area contributed by atoms with Gasteiger partial charge in [-0.25, -0.2) is 0 Å². The first-order valence-corrected chi connectivity index (χ1v) is 8.56. The Morgan fingerprint density at radius 1 is 1.23 bits per heavy atom. The number of carbonyl (C=O) groups is 4. The fourth-order valence-electron chi connectivity index (χ4n) is 3.18. The summed E-state index contributed by atoms with van der Waals surface area (Å²) in [4.78, 5) is 50.0. The molecule has 1 aromatic rings. The number of carbonyl (C=O) groups excluding carboxylic acids is 4. The van der Waals surface area contributed by atoms with E-state index >= 15 is 0 Å². The van der Waals surface area contributed by atoms with Crippen molar-refractivity contribution in [1.82, 2.24) is 10.2 Å². The van der Waals surface area contributed by atoms with Crippen molar-refractivity contribution in [3.8, 4) is 0 Å². The first kappa shape index (κ1) is 18.1. The van der Waals surface area contributed by atoms with Crippen LogP contribution in [0.4, 0.5) is 5.69 Å². The van der Waals surface area contributed by atoms with Crippen molar-refractivity contribution in [3.05, 3.63) is 29.3 Å². The van der Waals surface area contributed by atoms with Crippen LogP contribution < -0.4 is 16.4 Å². The standard InChI is InChI=1S/C18H22N4O4/c1-18(2,19)8-9-20-11-5-3-4-10-14(11)17(26)22(16(10)25)12-6-7-13(23)21-15(12)24/h3-5,12,20H,6-9,19H2,1-2H3,(H,21,23,24). The average Bonchev–Trinajstić information content (AvgIpc) is 2.79. The SMILES string of the molecule is CC(C)(N)CCNc1cccc2c1C(=O)N(C1CCC(=O)NC1=O)C2=O. The molecule has 2 aliphatic rings. The number of nitrogens with one attached hydrogen (secondary N) is 2. The molecule has 8 nitrogen and oxygen atoms in total. The number of hydrogen-bond acceptors (Lipinski definition) is 6. The van der Waals surface area contributed by atoms with Crippen molar-refractivity contribution in [2.24, 2.45) is 5.73 Å². The summed E-state index contributed by atoms with van der Waals surface area (Å²) in [6.45, 7) is 4.35. The zero-order valence-corrected chi connectivity index (χ0v) is 14.8. The van der Waals surface area contributed by atoms with Gasteiger partial charge in [-0.15, -0.1) is 0 Å². The fraction of sp³-hybridized carbons (Fsp3) is 0.444. The number of fused-ring (bicyclic) bond motifs is 1. The molecule has 3 rings (SSSR count). The van der Waals surface area contributed by atoms with E-state index in [1.54, 1.807) is 18.2 Å². The van der Waals surface area contributed by atoms with E-state index in [-0.39, 0.29) is 29.5 Å². The smallest absolute Gasteiger partial charge is 0.264 e. The van der Waals surface area contributed by atoms with Gasteiger partial charge in [0, 0.05) is 24.2 Å². The first-order chi connectivity index (χ1) is 12.2. The third-order valence-electron chi connectivity index (χ3n) is 4.55. The lowest BCUT2D eigenvalue weighted by atomic mass is 10.0. The summed E-state index contributed by atoms with van der Waals surface area (Å²) < 4.78 is 0. The highest BCUT2D eigenvalue weighted by Crippen LogP contribution is 2.32. The minimum absolute atomic E-state index is 0.0977. The highest BCUT2D eigenvalue weighted by atomic mass is 16.2. The van der Waals surface area contributed by atoms with Gasteiger partial charge in [-0.3, -0.25) is 29.4 Å². The van der Waals surface area contributed by atoms with Crippen LogP contribution in [-0.4, -0.2) is 46.7 Å². The summed E-state index contributed by atoms with van der Waals surface area (Å²) in [5, 5.41) is 5.35. The lowest BCUT2D eigenvalue weighted by Gasteiger charge is -2.27. The Kier molecular flexibility index (Phi) is 4.53. The summed E-state index contributed by atoms with van der Waals surface area (Å²) in [6.07, 6.45) is 0.913. The first-order valence-electron chi connectivity index (χ1n) is 8.56. The molecule has 8 heteroatoms. The molecule has 0 aliphatic carbocycles. The van der Waals surface area contributed by atoms with Crippen molar-refractivity contribution < 1.29 is 19.2 Å². The van der Waals surface area contributed by atoms with E-state index in [2.05, 4.69) is 10.6 Å². The number of amides is 4. The van der Waals surface area contributed by atoms with Gasteiger partial charge in [-0.05, 0) is 38.8 Å². The third-order valence-corrected chi connectivity index (χ3v) is 4.55. The molecule has 0 bridgehead atoms. The monoisotopic (exact) mass is 358 g/mol. The van der Waals surface area contributed by atoms with E-state index in [9.17, 15) is 19.2 Å². The zero-order chi connectivity index (χ0) is 19.1. The molecule has 2 aliphatic heterocycles. The van der Waals surface area contributed by atoms with Crippen molar-refractivity contribution in [1.29, 1.82) is 0 Å². The third kappa shape index (κ3) is 3.32. The molecule has 2 heterocycles. The molecule has 138 valence electrons. The number of anilines is 1. The quantitative estimate of drug-likeness (QED) is 0.664. The fourth-order valence-corrected chi connectivity index (χ4v) is 3.18. The summed E-state index contributed by atoms with van der Waals surface area (Å²) in [6, 6.07) is 4.02. The molecule has 26 heavy (non-hydrogen) atoms. The van der Waals surface area contributed by atoms with E-state index in [1.165, 1.54) is 0 Å². The summed E-state index contributed by atoms with van der Waals surface area (Å²) in [5.74, 6) is -2.04. The minimum Gasteiger partial charge on any atom is -0.384 e. The topological polar surface area (TPSA) is 122 Å². The van der Waals surface area contributed by atoms with E-state index in [0.29, 0.717) is 18.7 Å². The Bertz CT molecular complexity index is 797. The second kappa shape index (κ2) is 6.53. The number of imide groups is 2. The number of rotatable bonds is 5. The molecule has 4 N–H and O–H groups in total. The van der Waals surface area contributed by atoms with E-state index < -0.39 is 29.7 Å². The Morgan fingerprint density at radius 3 is 2.62 bits per heavy atom. The molecule has 1 fully saturated rings. The predicted molar refractivity (Wildman–Crippen MR) is 94.5 cm³/mol. The molecular weight excluding hydrogens is 336 g/mol. The number of benzene rings is 1. The maximum absolute atomic E-state index is 12.9. The van der Waals surface area contributed by atoms with Crippen LogP contribution in [-0.2, 0) is 9.59 Å². The van der Waals surface area contributed by atoms with Crippen LogP contribution in [0.25, 0.3) is 0 Å². The number of nitrogens with two attached hydrogens (primary N) is 1. The van der Waals surface area contributed by atoms with Crippen LogP contribution in [0.3, 0.4) is 0 Å². The van der Waals surface area contributed by atoms with Crippen LogP contribution in [0.15, 0.2) is 18.2 Å². The van der Waals surface area contributed by atoms with E-state index in [4.69, 9.17) is 5.73 Å². The summed E-state index contributed by atoms with van der Waals surface area (Å²) >= 11 is 0. The average molecular weight is 358 g/mol. The lowest BCUT2D eigenvalue weighted by molar-refractivity contribution is -0.136. The molecule has 1 aromatic carbocycles. The highest BCUT2D eigenvalue weighted by Gasteiger charge is 2.45. The van der Waals surface area contributed by atoms with Gasteiger partial charge in [0.15, 0.2) is 0 Å². The minimum atomic E-state index is -0.962. The lowest BCUT2D eigenvalue weighted by Crippen LogP contribution is -2.54. The Balaban J connectivity index is 1.85. The van der Waals surface area contributed by atoms with E-state index in [0.717, 1.165) is 4.90 Å². The maximum Gasteiger partial charge on any atom is 0.264 e. The van der Waals surface area contributed by atoms with Crippen LogP contribution in [0.2, 0.25) is 0 Å². The Hall–Kier alpha value is -2.74. The van der Waals surface area contributed by atoms with Crippen LogP contribution in [0, 0.1) is 0 Å². The largest absolute Gasteiger partial charge is 0.384 e. The predicted octanol–water partition coefficient (Wildman–Crippen LogP) is 0.627. The van der Waals surface area contributed by atoms with Gasteiger partial charge in [0.1, 0.15) is 6.04 Å². The maximum atomic E-state index is 12.9. The normalized spacial score (nSPS) is 20.3. The van der Waals surface area contributed by atoms with Crippen molar-refractivity contribution in [3.63, 3.8) is 0 Å². The summed E-state index contributed by atoms with van der Waals surface area (Å²) in [7, 11) is 0. The van der Waals surface area contributed by atoms with Gasteiger partial charge in [-0.1, -0.05) is 6.07 Å². The highest BCUT2D eigenvalue weighted by molar-refractivity contribution is 6.25. The second-order valence-electron chi connectivity index (χ2n) is 7.34. The van der Waals surface area contributed by atoms with Gasteiger partial charge in [-0.2, -0.15) is 0 Å². The van der Waals surface area contributed by atoms with Crippen LogP contribution in [0.5, 0.6) is 0 Å². The number of nitrogens with zero attached hydrogens (tertiary/aromatic N) is 1. The van der Waals surface area contributed by atoms with Crippen molar-refractivity contribution in [2.75, 3.05) is 11.9 Å². The molecular formula is C18H22N4O4. The van der Waals surface area contributed by atoms with Gasteiger partial charge < -0.3 is 11.1 Å². The van der Waals surface area contributed by atoms with Gasteiger partial charge in [0.25, 0.3) is 11.8 Å². The van der Waals surface area contributed by atoms with Crippen LogP contribution in [0.1, 0.15) is 53.8 Å². The molecule has 0 saturated carbocycles. The second-order valence-corrected chi connectivity index (χ2v) is 7.34. The Morgan fingerprint density at radius 2 is 1.96 bits per heavy atom. The van der Waals surface area contributed by atoms with Crippen molar-refractivity contribution >= 4 is 29.3 Å². The van der Waals surface area contributed by atoms with Crippen LogP contribution >= 0.6 is 0 Å². The molecule has 1 saturated heterocycles. The molecule has 0 spiro atoms. The number of hydrogen-bond donors (Lipinski definition) is 3. The van der Waals surface area contributed by atoms with Gasteiger partial charge in [0.2, 0.25) is 11.8 Å². The number of piperidine rings is 1. The molecule has 1 unspecified atom stereocenters. The molecule has 1 atom stereocenters. The van der Waals surface area contributed by atoms with E-state index in [1.807, 2.05) is 13.8 Å². The summed E-state index contributed by atoms with van der Waals surface area (Å²) in [5.41, 5.74) is 6.67. The van der Waals surface area contributed by atoms with Gasteiger partial charge >= 0.3 is 0 Å². The Labute approximate surface area is 151 Å². The molecule has 0 radical (unpaired) electrons. The molecule has 0 aromatic heterocycles. The van der Waals surface area contributed by atoms with Crippen molar-refractivity contribution in [2.45, 2.75) is 44.7 Å². The zero-order valence-electron chi connectivity index (χ0n) is 14.8.